The average Bonchev–Trinajstić information content (AvgIpc) is 2.87. The van der Waals surface area contributed by atoms with Crippen LogP contribution < -0.4 is 10.6 Å². The van der Waals surface area contributed by atoms with Crippen LogP contribution in [0.2, 0.25) is 0 Å². The zero-order valence-corrected chi connectivity index (χ0v) is 13.4. The average molecular weight is 314 g/mol. The second kappa shape index (κ2) is 5.93. The van der Waals surface area contributed by atoms with E-state index >= 15 is 0 Å². The molecular weight excluding hydrogens is 291 g/mol. The summed E-state index contributed by atoms with van der Waals surface area (Å²) in [6.45, 7) is 2.88. The Morgan fingerprint density at radius 3 is 2.48 bits per heavy atom. The quantitative estimate of drug-likeness (QED) is 0.902. The molecule has 2 atom stereocenters. The van der Waals surface area contributed by atoms with Crippen LogP contribution in [-0.4, -0.2) is 38.6 Å². The summed E-state index contributed by atoms with van der Waals surface area (Å²) in [4.78, 5) is 2.03. The Morgan fingerprint density at radius 1 is 1.38 bits per heavy atom. The van der Waals surface area contributed by atoms with Gasteiger partial charge in [-0.15, -0.1) is 0 Å². The first kappa shape index (κ1) is 16.2. The Bertz CT molecular complexity index is 588. The molecule has 0 saturated heterocycles. The second-order valence-corrected chi connectivity index (χ2v) is 7.97. The van der Waals surface area contributed by atoms with E-state index in [9.17, 15) is 12.8 Å². The van der Waals surface area contributed by atoms with Crippen molar-refractivity contribution in [2.24, 2.45) is 5.73 Å². The lowest BCUT2D eigenvalue weighted by Crippen LogP contribution is -2.61. The highest BCUT2D eigenvalue weighted by atomic mass is 32.2. The van der Waals surface area contributed by atoms with Crippen molar-refractivity contribution in [3.05, 3.63) is 30.1 Å². The lowest BCUT2D eigenvalue weighted by Gasteiger charge is -2.45. The smallest absolute Gasteiger partial charge is 0.152 e. The normalized spacial score (nSPS) is 26.0. The van der Waals surface area contributed by atoms with E-state index in [0.717, 1.165) is 18.5 Å². The third-order valence-electron chi connectivity index (χ3n) is 4.54. The molecule has 0 aromatic heterocycles. The van der Waals surface area contributed by atoms with Crippen LogP contribution in [0.15, 0.2) is 24.3 Å². The molecule has 0 bridgehead atoms. The third kappa shape index (κ3) is 2.92. The Morgan fingerprint density at radius 2 is 2.00 bits per heavy atom. The van der Waals surface area contributed by atoms with Crippen molar-refractivity contribution in [3.63, 3.8) is 0 Å². The lowest BCUT2D eigenvalue weighted by atomic mass is 9.93. The lowest BCUT2D eigenvalue weighted by molar-refractivity contribution is 0.405. The Hall–Kier alpha value is -1.14. The van der Waals surface area contributed by atoms with E-state index in [2.05, 4.69) is 0 Å². The first-order chi connectivity index (χ1) is 9.85. The van der Waals surface area contributed by atoms with Crippen LogP contribution >= 0.6 is 0 Å². The molecule has 2 rings (SSSR count). The molecule has 118 valence electrons. The topological polar surface area (TPSA) is 63.4 Å². The van der Waals surface area contributed by atoms with Gasteiger partial charge in [-0.25, -0.2) is 12.8 Å². The summed E-state index contributed by atoms with van der Waals surface area (Å²) >= 11 is 0. The highest BCUT2D eigenvalue weighted by molar-refractivity contribution is 7.91. The molecule has 2 unspecified atom stereocenters. The van der Waals surface area contributed by atoms with Crippen LogP contribution in [0.4, 0.5) is 10.1 Å². The first-order valence-corrected chi connectivity index (χ1v) is 9.23. The molecule has 0 radical (unpaired) electrons. The summed E-state index contributed by atoms with van der Waals surface area (Å²) in [6, 6.07) is 6.17. The van der Waals surface area contributed by atoms with Gasteiger partial charge in [0.15, 0.2) is 9.84 Å². The van der Waals surface area contributed by atoms with Crippen molar-refractivity contribution in [2.75, 3.05) is 24.2 Å². The largest absolute Gasteiger partial charge is 0.364 e. The Balaban J connectivity index is 2.48. The number of nitrogens with zero attached hydrogens (tertiary/aromatic N) is 1. The molecule has 1 aliphatic carbocycles. The van der Waals surface area contributed by atoms with Crippen molar-refractivity contribution in [1.29, 1.82) is 0 Å². The zero-order chi connectivity index (χ0) is 15.7. The monoisotopic (exact) mass is 314 g/mol. The number of hydrogen-bond acceptors (Lipinski definition) is 4. The summed E-state index contributed by atoms with van der Waals surface area (Å²) in [5.41, 5.74) is 6.24. The van der Waals surface area contributed by atoms with Gasteiger partial charge >= 0.3 is 0 Å². The fraction of sp³-hybridized carbons (Fsp3) is 0.600. The molecule has 6 heteroatoms. The fourth-order valence-electron chi connectivity index (χ4n) is 3.66. The molecule has 2 N–H and O–H groups in total. The van der Waals surface area contributed by atoms with Gasteiger partial charge in [0.05, 0.1) is 10.8 Å². The summed E-state index contributed by atoms with van der Waals surface area (Å²) in [5, 5.41) is -0.472. The maximum Gasteiger partial charge on any atom is 0.152 e. The number of likely N-dealkylation sites (N-methyl/N-ethyl adjacent to an activating group) is 1. The molecule has 0 aliphatic heterocycles. The van der Waals surface area contributed by atoms with E-state index in [0.29, 0.717) is 13.0 Å². The van der Waals surface area contributed by atoms with Gasteiger partial charge in [-0.05, 0) is 50.5 Å². The maximum atomic E-state index is 13.1. The summed E-state index contributed by atoms with van der Waals surface area (Å²) in [6.07, 6.45) is 3.50. The van der Waals surface area contributed by atoms with Gasteiger partial charge in [0.2, 0.25) is 0 Å². The summed E-state index contributed by atoms with van der Waals surface area (Å²) in [5.74, 6) is -0.303. The van der Waals surface area contributed by atoms with Crippen molar-refractivity contribution >= 4 is 15.5 Å². The standard InChI is InChI=1S/C15H23FN2O2S/c1-3-18(13-8-6-12(16)7-9-13)15(11-17)10-4-5-14(15)21(2,19)20/h6-9,14H,3-5,10-11,17H2,1-2H3. The predicted molar refractivity (Wildman–Crippen MR) is 83.7 cm³/mol. The van der Waals surface area contributed by atoms with Crippen molar-refractivity contribution < 1.29 is 12.8 Å². The summed E-state index contributed by atoms with van der Waals surface area (Å²) < 4.78 is 37.5. The highest BCUT2D eigenvalue weighted by Crippen LogP contribution is 2.41. The number of halogens is 1. The highest BCUT2D eigenvalue weighted by Gasteiger charge is 2.50. The molecule has 0 spiro atoms. The number of anilines is 1. The van der Waals surface area contributed by atoms with Crippen LogP contribution in [0.5, 0.6) is 0 Å². The molecule has 1 aromatic rings. The molecule has 0 heterocycles. The van der Waals surface area contributed by atoms with Crippen LogP contribution in [-0.2, 0) is 9.84 Å². The predicted octanol–water partition coefficient (Wildman–Crippen LogP) is 1.95. The van der Waals surface area contributed by atoms with Crippen molar-refractivity contribution in [1.82, 2.24) is 0 Å². The zero-order valence-electron chi connectivity index (χ0n) is 12.5. The number of benzene rings is 1. The van der Waals surface area contributed by atoms with Gasteiger partial charge in [0.1, 0.15) is 5.82 Å². The fourth-order valence-corrected chi connectivity index (χ4v) is 5.40. The minimum atomic E-state index is -3.19. The second-order valence-electron chi connectivity index (χ2n) is 5.74. The number of rotatable bonds is 5. The van der Waals surface area contributed by atoms with E-state index < -0.39 is 20.6 Å². The van der Waals surface area contributed by atoms with Gasteiger partial charge in [-0.1, -0.05) is 0 Å². The first-order valence-electron chi connectivity index (χ1n) is 7.27. The van der Waals surface area contributed by atoms with E-state index in [-0.39, 0.29) is 12.4 Å². The minimum absolute atomic E-state index is 0.274. The number of sulfone groups is 1. The molecule has 21 heavy (non-hydrogen) atoms. The van der Waals surface area contributed by atoms with E-state index in [4.69, 9.17) is 5.73 Å². The molecule has 1 fully saturated rings. The van der Waals surface area contributed by atoms with Crippen LogP contribution in [0, 0.1) is 5.82 Å². The van der Waals surface area contributed by atoms with Gasteiger partial charge in [0.25, 0.3) is 0 Å². The van der Waals surface area contributed by atoms with E-state index in [1.165, 1.54) is 18.4 Å². The molecule has 1 aliphatic rings. The molecule has 4 nitrogen and oxygen atoms in total. The van der Waals surface area contributed by atoms with Gasteiger partial charge < -0.3 is 10.6 Å². The maximum absolute atomic E-state index is 13.1. The summed E-state index contributed by atoms with van der Waals surface area (Å²) in [7, 11) is -3.19. The van der Waals surface area contributed by atoms with Gasteiger partial charge in [-0.2, -0.15) is 0 Å². The van der Waals surface area contributed by atoms with E-state index in [1.54, 1.807) is 12.1 Å². The molecule has 1 saturated carbocycles. The minimum Gasteiger partial charge on any atom is -0.364 e. The molecule has 0 amide bonds. The van der Waals surface area contributed by atoms with Gasteiger partial charge in [0, 0.05) is 25.0 Å². The molecule has 1 aromatic carbocycles. The van der Waals surface area contributed by atoms with Crippen LogP contribution in [0.3, 0.4) is 0 Å². The third-order valence-corrected chi connectivity index (χ3v) is 6.25. The van der Waals surface area contributed by atoms with Gasteiger partial charge in [-0.3, -0.25) is 0 Å². The van der Waals surface area contributed by atoms with E-state index in [1.807, 2.05) is 11.8 Å². The Labute approximate surface area is 126 Å². The van der Waals surface area contributed by atoms with Crippen LogP contribution in [0.1, 0.15) is 26.2 Å². The Kier molecular flexibility index (Phi) is 4.58. The number of nitrogens with two attached hydrogens (primary N) is 1. The molecular formula is C15H23FN2O2S. The van der Waals surface area contributed by atoms with Crippen molar-refractivity contribution in [2.45, 2.75) is 37.0 Å². The SMILES string of the molecule is CCN(c1ccc(F)cc1)C1(CN)CCCC1S(C)(=O)=O. The number of hydrogen-bond donors (Lipinski definition) is 1. The van der Waals surface area contributed by atoms with Crippen LogP contribution in [0.25, 0.3) is 0 Å². The van der Waals surface area contributed by atoms with Crippen molar-refractivity contribution in [3.8, 4) is 0 Å².